The van der Waals surface area contributed by atoms with Gasteiger partial charge in [0.1, 0.15) is 0 Å². The number of ether oxygens (including phenoxy) is 3. The van der Waals surface area contributed by atoms with Crippen molar-refractivity contribution >= 4 is 5.91 Å². The van der Waals surface area contributed by atoms with Crippen LogP contribution in [-0.4, -0.2) is 73.2 Å². The van der Waals surface area contributed by atoms with E-state index >= 15 is 0 Å². The minimum absolute atomic E-state index is 0.00823. The second kappa shape index (κ2) is 9.09. The number of benzene rings is 1. The number of likely N-dealkylation sites (tertiary alicyclic amines) is 2. The third kappa shape index (κ3) is 4.44. The predicted molar refractivity (Wildman–Crippen MR) is 116 cm³/mol. The smallest absolute Gasteiger partial charge is 0.316 e. The summed E-state index contributed by atoms with van der Waals surface area (Å²) in [5.74, 6) is 1.55. The number of hydrogen-bond acceptors (Lipinski definition) is 7. The summed E-state index contributed by atoms with van der Waals surface area (Å²) in [7, 11) is 4.86. The molecular formula is C23H30N4O4. The number of piperidine rings is 1. The summed E-state index contributed by atoms with van der Waals surface area (Å²) in [5, 5.41) is 0. The lowest BCUT2D eigenvalue weighted by atomic mass is 9.79. The number of carbonyl (C=O) groups is 1. The molecule has 2 aromatic rings. The summed E-state index contributed by atoms with van der Waals surface area (Å²) in [6, 6.07) is 6.29. The second-order valence-corrected chi connectivity index (χ2v) is 8.40. The summed E-state index contributed by atoms with van der Waals surface area (Å²) >= 11 is 0. The average Bonchev–Trinajstić information content (AvgIpc) is 3.21. The van der Waals surface area contributed by atoms with Gasteiger partial charge < -0.3 is 19.1 Å². The maximum absolute atomic E-state index is 13.0. The van der Waals surface area contributed by atoms with Gasteiger partial charge in [-0.2, -0.15) is 0 Å². The van der Waals surface area contributed by atoms with E-state index in [2.05, 4.69) is 20.9 Å². The first-order valence-electron chi connectivity index (χ1n) is 10.6. The molecule has 2 aliphatic rings. The highest BCUT2D eigenvalue weighted by Crippen LogP contribution is 2.40. The van der Waals surface area contributed by atoms with Gasteiger partial charge >= 0.3 is 6.01 Å². The van der Waals surface area contributed by atoms with Gasteiger partial charge in [-0.25, -0.2) is 9.97 Å². The third-order valence-corrected chi connectivity index (χ3v) is 6.40. The molecule has 4 rings (SSSR count). The van der Waals surface area contributed by atoms with E-state index in [0.29, 0.717) is 5.56 Å². The summed E-state index contributed by atoms with van der Waals surface area (Å²) in [6.45, 7) is 4.35. The van der Waals surface area contributed by atoms with Crippen LogP contribution in [0.1, 0.15) is 35.2 Å². The third-order valence-electron chi connectivity index (χ3n) is 6.40. The molecule has 2 saturated heterocycles. The lowest BCUT2D eigenvalue weighted by Crippen LogP contribution is -2.45. The van der Waals surface area contributed by atoms with E-state index in [-0.39, 0.29) is 17.3 Å². The minimum Gasteiger partial charge on any atom is -0.493 e. The SMILES string of the molecule is COc1ncc(C(=O)N2CC[C@]3(CCCN(Cc4cccc(OC)c4OC)C3)C2)cn1. The highest BCUT2D eigenvalue weighted by atomic mass is 16.5. The molecule has 0 N–H and O–H groups in total. The van der Waals surface area contributed by atoms with Crippen LogP contribution in [0.5, 0.6) is 17.5 Å². The summed E-state index contributed by atoms with van der Waals surface area (Å²) in [4.78, 5) is 25.5. The number of nitrogens with zero attached hydrogens (tertiary/aromatic N) is 4. The van der Waals surface area contributed by atoms with Crippen molar-refractivity contribution in [1.82, 2.24) is 19.8 Å². The standard InChI is InChI=1S/C23H30N4O4/c1-29-19-7-4-6-17(20(19)30-2)14-26-10-5-8-23(15-26)9-11-27(16-23)21(28)18-12-24-22(31-3)25-13-18/h4,6-7,12-13H,5,8-11,14-16H2,1-3H3/t23-/m0/s1. The summed E-state index contributed by atoms with van der Waals surface area (Å²) < 4.78 is 16.1. The van der Waals surface area contributed by atoms with E-state index in [0.717, 1.165) is 69.0 Å². The molecule has 8 heteroatoms. The van der Waals surface area contributed by atoms with E-state index in [4.69, 9.17) is 14.2 Å². The van der Waals surface area contributed by atoms with Gasteiger partial charge in [0.05, 0.1) is 26.9 Å². The molecule has 1 atom stereocenters. The van der Waals surface area contributed by atoms with Crippen molar-refractivity contribution in [2.24, 2.45) is 5.41 Å². The largest absolute Gasteiger partial charge is 0.493 e. The normalized spacial score (nSPS) is 21.3. The molecule has 1 spiro atoms. The molecule has 31 heavy (non-hydrogen) atoms. The lowest BCUT2D eigenvalue weighted by molar-refractivity contribution is 0.0673. The number of aromatic nitrogens is 2. The number of amides is 1. The topological polar surface area (TPSA) is 77.0 Å². The fraction of sp³-hybridized carbons (Fsp3) is 0.522. The molecule has 8 nitrogen and oxygen atoms in total. The van der Waals surface area contributed by atoms with Crippen molar-refractivity contribution in [3.05, 3.63) is 41.7 Å². The zero-order chi connectivity index (χ0) is 21.8. The predicted octanol–water partition coefficient (Wildman–Crippen LogP) is 2.63. The molecule has 0 radical (unpaired) electrons. The first-order chi connectivity index (χ1) is 15.1. The molecule has 2 aliphatic heterocycles. The van der Waals surface area contributed by atoms with E-state index in [1.807, 2.05) is 17.0 Å². The molecule has 3 heterocycles. The van der Waals surface area contributed by atoms with Crippen molar-refractivity contribution in [3.63, 3.8) is 0 Å². The molecule has 1 aromatic carbocycles. The van der Waals surface area contributed by atoms with Crippen molar-refractivity contribution in [3.8, 4) is 17.5 Å². The first kappa shape index (κ1) is 21.4. The Hall–Kier alpha value is -2.87. The number of rotatable bonds is 6. The van der Waals surface area contributed by atoms with Gasteiger partial charge in [-0.05, 0) is 31.9 Å². The molecule has 2 fully saturated rings. The Kier molecular flexibility index (Phi) is 6.27. The van der Waals surface area contributed by atoms with Crippen LogP contribution in [0.3, 0.4) is 0 Å². The fourth-order valence-corrected chi connectivity index (χ4v) is 4.92. The molecular weight excluding hydrogens is 396 g/mol. The monoisotopic (exact) mass is 426 g/mol. The molecule has 166 valence electrons. The number of carbonyl (C=O) groups excluding carboxylic acids is 1. The van der Waals surface area contributed by atoms with Gasteiger partial charge in [0.2, 0.25) is 0 Å². The van der Waals surface area contributed by atoms with Gasteiger partial charge in [-0.3, -0.25) is 9.69 Å². The zero-order valence-electron chi connectivity index (χ0n) is 18.5. The van der Waals surface area contributed by atoms with E-state index in [1.165, 1.54) is 7.11 Å². The van der Waals surface area contributed by atoms with Crippen LogP contribution in [0, 0.1) is 5.41 Å². The average molecular weight is 427 g/mol. The van der Waals surface area contributed by atoms with Crippen LogP contribution in [0.25, 0.3) is 0 Å². The molecule has 0 saturated carbocycles. The van der Waals surface area contributed by atoms with Crippen molar-refractivity contribution < 1.29 is 19.0 Å². The number of para-hydroxylation sites is 1. The summed E-state index contributed by atoms with van der Waals surface area (Å²) in [6.07, 6.45) is 6.37. The molecule has 1 amide bonds. The Morgan fingerprint density at radius 1 is 1.03 bits per heavy atom. The first-order valence-corrected chi connectivity index (χ1v) is 10.6. The van der Waals surface area contributed by atoms with Crippen LogP contribution < -0.4 is 14.2 Å². The Balaban J connectivity index is 1.43. The van der Waals surface area contributed by atoms with Crippen LogP contribution in [0.2, 0.25) is 0 Å². The van der Waals surface area contributed by atoms with Gasteiger partial charge in [0, 0.05) is 49.6 Å². The fourth-order valence-electron chi connectivity index (χ4n) is 4.92. The second-order valence-electron chi connectivity index (χ2n) is 8.40. The van der Waals surface area contributed by atoms with Gasteiger partial charge in [-0.1, -0.05) is 12.1 Å². The summed E-state index contributed by atoms with van der Waals surface area (Å²) in [5.41, 5.74) is 1.76. The van der Waals surface area contributed by atoms with Crippen molar-refractivity contribution in [2.45, 2.75) is 25.8 Å². The molecule has 1 aromatic heterocycles. The quantitative estimate of drug-likeness (QED) is 0.703. The van der Waals surface area contributed by atoms with Gasteiger partial charge in [0.25, 0.3) is 5.91 Å². The van der Waals surface area contributed by atoms with E-state index in [1.54, 1.807) is 26.6 Å². The lowest BCUT2D eigenvalue weighted by Gasteiger charge is -2.40. The van der Waals surface area contributed by atoms with Crippen molar-refractivity contribution in [1.29, 1.82) is 0 Å². The molecule has 0 unspecified atom stereocenters. The minimum atomic E-state index is -0.00823. The Morgan fingerprint density at radius 2 is 1.84 bits per heavy atom. The van der Waals surface area contributed by atoms with Crippen molar-refractivity contribution in [2.75, 3.05) is 47.5 Å². The number of methoxy groups -OCH3 is 3. The van der Waals surface area contributed by atoms with Crippen LogP contribution in [0.4, 0.5) is 0 Å². The van der Waals surface area contributed by atoms with Crippen LogP contribution in [0.15, 0.2) is 30.6 Å². The van der Waals surface area contributed by atoms with Gasteiger partial charge in [-0.15, -0.1) is 0 Å². The Bertz CT molecular complexity index is 920. The molecule has 0 aliphatic carbocycles. The van der Waals surface area contributed by atoms with E-state index < -0.39 is 0 Å². The van der Waals surface area contributed by atoms with Crippen LogP contribution >= 0.6 is 0 Å². The van der Waals surface area contributed by atoms with Gasteiger partial charge in [0.15, 0.2) is 11.5 Å². The number of hydrogen-bond donors (Lipinski definition) is 0. The zero-order valence-corrected chi connectivity index (χ0v) is 18.5. The Morgan fingerprint density at radius 3 is 2.55 bits per heavy atom. The van der Waals surface area contributed by atoms with Crippen LogP contribution in [-0.2, 0) is 6.54 Å². The molecule has 0 bridgehead atoms. The maximum atomic E-state index is 13.0. The highest BCUT2D eigenvalue weighted by molar-refractivity contribution is 5.93. The highest BCUT2D eigenvalue weighted by Gasteiger charge is 2.43. The van der Waals surface area contributed by atoms with E-state index in [9.17, 15) is 4.79 Å². The Labute approximate surface area is 183 Å². The maximum Gasteiger partial charge on any atom is 0.316 e.